The SMILES string of the molecule is Fc1ccc(-n2c(=S)[nH]c3cccnc32)cc1Br. The third-order valence-electron chi connectivity index (χ3n) is 2.60. The van der Waals surface area contributed by atoms with E-state index in [-0.39, 0.29) is 5.82 Å². The molecule has 0 bridgehead atoms. The molecule has 18 heavy (non-hydrogen) atoms. The number of H-pyrrole nitrogens is 1. The molecule has 0 amide bonds. The van der Waals surface area contributed by atoms with Gasteiger partial charge in [-0.25, -0.2) is 9.37 Å². The van der Waals surface area contributed by atoms with E-state index in [1.807, 2.05) is 12.1 Å². The summed E-state index contributed by atoms with van der Waals surface area (Å²) in [5.74, 6) is -0.307. The van der Waals surface area contributed by atoms with E-state index >= 15 is 0 Å². The molecule has 0 aliphatic rings. The summed E-state index contributed by atoms with van der Waals surface area (Å²) in [6.07, 6.45) is 1.69. The Balaban J connectivity index is 2.34. The van der Waals surface area contributed by atoms with Gasteiger partial charge in [0.05, 0.1) is 15.7 Å². The average molecular weight is 324 g/mol. The van der Waals surface area contributed by atoms with E-state index in [1.165, 1.54) is 6.07 Å². The maximum Gasteiger partial charge on any atom is 0.183 e. The highest BCUT2D eigenvalue weighted by Crippen LogP contribution is 2.22. The smallest absolute Gasteiger partial charge is 0.183 e. The van der Waals surface area contributed by atoms with Gasteiger partial charge in [0.25, 0.3) is 0 Å². The van der Waals surface area contributed by atoms with Gasteiger partial charge in [-0.1, -0.05) is 0 Å². The predicted octanol–water partition coefficient (Wildman–Crippen LogP) is 3.98. The van der Waals surface area contributed by atoms with E-state index < -0.39 is 0 Å². The van der Waals surface area contributed by atoms with Crippen molar-refractivity contribution in [2.75, 3.05) is 0 Å². The molecule has 1 N–H and O–H groups in total. The van der Waals surface area contributed by atoms with Crippen LogP contribution in [0.1, 0.15) is 0 Å². The lowest BCUT2D eigenvalue weighted by Gasteiger charge is -2.04. The molecule has 90 valence electrons. The average Bonchev–Trinajstić information content (AvgIpc) is 2.69. The summed E-state index contributed by atoms with van der Waals surface area (Å²) in [5.41, 5.74) is 2.34. The monoisotopic (exact) mass is 323 g/mol. The van der Waals surface area contributed by atoms with E-state index in [2.05, 4.69) is 25.9 Å². The standard InChI is InChI=1S/C12H7BrFN3S/c13-8-6-7(3-4-9(8)14)17-11-10(16-12(17)18)2-1-5-15-11/h1-6H,(H,16,18). The predicted molar refractivity (Wildman–Crippen MR) is 73.9 cm³/mol. The Morgan fingerprint density at radius 2 is 2.17 bits per heavy atom. The quantitative estimate of drug-likeness (QED) is 0.687. The van der Waals surface area contributed by atoms with Crippen LogP contribution in [-0.2, 0) is 0 Å². The summed E-state index contributed by atoms with van der Waals surface area (Å²) in [7, 11) is 0. The molecule has 0 aliphatic carbocycles. The highest BCUT2D eigenvalue weighted by atomic mass is 79.9. The molecule has 3 rings (SSSR count). The Bertz CT molecular complexity index is 793. The van der Waals surface area contributed by atoms with Gasteiger partial charge in [0.15, 0.2) is 10.4 Å². The van der Waals surface area contributed by atoms with Gasteiger partial charge in [-0.05, 0) is 58.5 Å². The number of fused-ring (bicyclic) bond motifs is 1. The van der Waals surface area contributed by atoms with Crippen molar-refractivity contribution in [2.45, 2.75) is 0 Å². The molecular formula is C12H7BrFN3S. The second-order valence-corrected chi connectivity index (χ2v) is 4.98. The van der Waals surface area contributed by atoms with Gasteiger partial charge in [0, 0.05) is 6.20 Å². The van der Waals surface area contributed by atoms with Gasteiger partial charge in [0.1, 0.15) is 5.82 Å². The molecular weight excluding hydrogens is 317 g/mol. The fourth-order valence-electron chi connectivity index (χ4n) is 1.80. The molecule has 0 unspecified atom stereocenters. The number of aromatic nitrogens is 3. The normalized spacial score (nSPS) is 11.0. The minimum absolute atomic E-state index is 0.307. The largest absolute Gasteiger partial charge is 0.329 e. The summed E-state index contributed by atoms with van der Waals surface area (Å²) in [5, 5.41) is 0. The molecule has 1 aromatic carbocycles. The Hall–Kier alpha value is -1.53. The molecule has 0 fully saturated rings. The number of nitrogens with one attached hydrogen (secondary N) is 1. The van der Waals surface area contributed by atoms with Crippen LogP contribution in [0.4, 0.5) is 4.39 Å². The van der Waals surface area contributed by atoms with Crippen molar-refractivity contribution in [3.05, 3.63) is 51.6 Å². The van der Waals surface area contributed by atoms with Gasteiger partial charge in [-0.15, -0.1) is 0 Å². The number of halogens is 2. The first kappa shape index (κ1) is 11.6. The van der Waals surface area contributed by atoms with Gasteiger partial charge >= 0.3 is 0 Å². The fourth-order valence-corrected chi connectivity index (χ4v) is 2.47. The van der Waals surface area contributed by atoms with E-state index in [9.17, 15) is 4.39 Å². The van der Waals surface area contributed by atoms with E-state index in [0.717, 1.165) is 16.9 Å². The first-order valence-corrected chi connectivity index (χ1v) is 6.38. The van der Waals surface area contributed by atoms with Crippen molar-refractivity contribution in [1.82, 2.24) is 14.5 Å². The first-order chi connectivity index (χ1) is 8.66. The molecule has 0 saturated heterocycles. The molecule has 2 heterocycles. The Kier molecular flexibility index (Phi) is 2.76. The van der Waals surface area contributed by atoms with Crippen LogP contribution in [0.2, 0.25) is 0 Å². The summed E-state index contributed by atoms with van der Waals surface area (Å²) in [6, 6.07) is 8.46. The Morgan fingerprint density at radius 3 is 2.94 bits per heavy atom. The lowest BCUT2D eigenvalue weighted by molar-refractivity contribution is 0.620. The molecule has 3 aromatic rings. The fraction of sp³-hybridized carbons (Fsp3) is 0. The second-order valence-electron chi connectivity index (χ2n) is 3.74. The number of hydrogen-bond acceptors (Lipinski definition) is 2. The molecule has 0 saturated carbocycles. The number of aromatic amines is 1. The number of rotatable bonds is 1. The van der Waals surface area contributed by atoms with Crippen molar-refractivity contribution in [1.29, 1.82) is 0 Å². The molecule has 0 radical (unpaired) electrons. The number of benzene rings is 1. The Labute approximate surface area is 115 Å². The lowest BCUT2D eigenvalue weighted by Crippen LogP contribution is -1.96. The van der Waals surface area contributed by atoms with Crippen molar-refractivity contribution < 1.29 is 4.39 Å². The van der Waals surface area contributed by atoms with Crippen LogP contribution in [0.3, 0.4) is 0 Å². The molecule has 3 nitrogen and oxygen atoms in total. The minimum atomic E-state index is -0.307. The number of imidazole rings is 1. The van der Waals surface area contributed by atoms with Crippen LogP contribution in [0.15, 0.2) is 41.0 Å². The zero-order chi connectivity index (χ0) is 12.7. The maximum absolute atomic E-state index is 13.2. The van der Waals surface area contributed by atoms with Crippen molar-refractivity contribution >= 4 is 39.3 Å². The number of hydrogen-bond donors (Lipinski definition) is 1. The third kappa shape index (κ3) is 1.77. The van der Waals surface area contributed by atoms with Gasteiger partial charge in [0.2, 0.25) is 0 Å². The summed E-state index contributed by atoms with van der Waals surface area (Å²) < 4.78 is 15.9. The summed E-state index contributed by atoms with van der Waals surface area (Å²) in [6.45, 7) is 0. The minimum Gasteiger partial charge on any atom is -0.329 e. The molecule has 0 atom stereocenters. The number of pyridine rings is 1. The molecule has 6 heteroatoms. The van der Waals surface area contributed by atoms with Crippen molar-refractivity contribution in [2.24, 2.45) is 0 Å². The second kappa shape index (κ2) is 4.29. The van der Waals surface area contributed by atoms with E-state index in [4.69, 9.17) is 12.2 Å². The number of nitrogens with zero attached hydrogens (tertiary/aromatic N) is 2. The van der Waals surface area contributed by atoms with Gasteiger partial charge in [-0.2, -0.15) is 0 Å². The lowest BCUT2D eigenvalue weighted by atomic mass is 10.3. The Morgan fingerprint density at radius 1 is 1.33 bits per heavy atom. The molecule has 2 aromatic heterocycles. The van der Waals surface area contributed by atoms with Crippen LogP contribution in [0.5, 0.6) is 0 Å². The van der Waals surface area contributed by atoms with Crippen molar-refractivity contribution in [3.8, 4) is 5.69 Å². The summed E-state index contributed by atoms with van der Waals surface area (Å²) in [4.78, 5) is 7.35. The van der Waals surface area contributed by atoms with Crippen LogP contribution >= 0.6 is 28.1 Å². The van der Waals surface area contributed by atoms with Crippen LogP contribution in [-0.4, -0.2) is 14.5 Å². The maximum atomic E-state index is 13.2. The first-order valence-electron chi connectivity index (χ1n) is 5.18. The third-order valence-corrected chi connectivity index (χ3v) is 3.50. The molecule has 0 aliphatic heterocycles. The van der Waals surface area contributed by atoms with Crippen LogP contribution in [0, 0.1) is 10.6 Å². The summed E-state index contributed by atoms with van der Waals surface area (Å²) >= 11 is 8.44. The highest BCUT2D eigenvalue weighted by molar-refractivity contribution is 9.10. The van der Waals surface area contributed by atoms with E-state index in [0.29, 0.717) is 9.24 Å². The van der Waals surface area contributed by atoms with Crippen LogP contribution in [0.25, 0.3) is 16.9 Å². The zero-order valence-electron chi connectivity index (χ0n) is 9.02. The molecule has 0 spiro atoms. The zero-order valence-corrected chi connectivity index (χ0v) is 11.4. The van der Waals surface area contributed by atoms with E-state index in [1.54, 1.807) is 22.9 Å². The highest BCUT2D eigenvalue weighted by Gasteiger charge is 2.08. The van der Waals surface area contributed by atoms with Crippen molar-refractivity contribution in [3.63, 3.8) is 0 Å². The topological polar surface area (TPSA) is 33.6 Å². The van der Waals surface area contributed by atoms with Gasteiger partial charge in [-0.3, -0.25) is 4.57 Å². The van der Waals surface area contributed by atoms with Crippen LogP contribution < -0.4 is 0 Å². The van der Waals surface area contributed by atoms with Gasteiger partial charge < -0.3 is 4.98 Å².